The number of nitrogens with zero attached hydrogens (tertiary/aromatic N) is 4. The number of nitrogen functional groups attached to an aromatic ring is 3. The fourth-order valence-electron chi connectivity index (χ4n) is 3.66. The molecule has 1 aromatic carbocycles. The smallest absolute Gasteiger partial charge is 0.224 e. The van der Waals surface area contributed by atoms with Crippen molar-refractivity contribution in [2.45, 2.75) is 25.2 Å². The van der Waals surface area contributed by atoms with Crippen molar-refractivity contribution < 1.29 is 0 Å². The van der Waals surface area contributed by atoms with Gasteiger partial charge in [0.1, 0.15) is 11.6 Å². The first kappa shape index (κ1) is 17.0. The van der Waals surface area contributed by atoms with Crippen LogP contribution in [-0.2, 0) is 6.42 Å². The Balaban J connectivity index is 1.62. The van der Waals surface area contributed by atoms with E-state index in [4.69, 9.17) is 17.2 Å². The summed E-state index contributed by atoms with van der Waals surface area (Å²) >= 11 is 0. The van der Waals surface area contributed by atoms with E-state index < -0.39 is 0 Å². The summed E-state index contributed by atoms with van der Waals surface area (Å²) < 4.78 is 0. The minimum absolute atomic E-state index is 0.202. The number of hydrogen-bond donors (Lipinski definition) is 4. The Morgan fingerprint density at radius 1 is 1.04 bits per heavy atom. The van der Waals surface area contributed by atoms with Crippen molar-refractivity contribution in [3.63, 3.8) is 0 Å². The molecule has 4 rings (SSSR count). The van der Waals surface area contributed by atoms with Crippen LogP contribution < -0.4 is 22.5 Å². The van der Waals surface area contributed by atoms with Crippen molar-refractivity contribution in [1.82, 2.24) is 19.9 Å². The summed E-state index contributed by atoms with van der Waals surface area (Å²) in [6, 6.07) is 9.92. The largest absolute Gasteiger partial charge is 0.384 e. The lowest BCUT2D eigenvalue weighted by molar-refractivity contribution is 0.597. The molecule has 1 aliphatic rings. The second kappa shape index (κ2) is 7.06. The zero-order valence-corrected chi connectivity index (χ0v) is 14.9. The van der Waals surface area contributed by atoms with E-state index in [9.17, 15) is 0 Å². The highest BCUT2D eigenvalue weighted by Crippen LogP contribution is 2.41. The van der Waals surface area contributed by atoms with Gasteiger partial charge in [-0.3, -0.25) is 0 Å². The van der Waals surface area contributed by atoms with Crippen LogP contribution in [-0.4, -0.2) is 26.5 Å². The van der Waals surface area contributed by atoms with E-state index in [1.807, 2.05) is 12.1 Å². The van der Waals surface area contributed by atoms with E-state index in [0.717, 1.165) is 36.1 Å². The molecule has 1 unspecified atom stereocenters. The van der Waals surface area contributed by atoms with E-state index in [0.29, 0.717) is 24.1 Å². The number of nitrogens with two attached hydrogens (primary N) is 3. The monoisotopic (exact) mass is 362 g/mol. The van der Waals surface area contributed by atoms with Gasteiger partial charge >= 0.3 is 0 Å². The Kier molecular flexibility index (Phi) is 4.45. The molecule has 0 saturated heterocycles. The quantitative estimate of drug-likeness (QED) is 0.553. The SMILES string of the molecule is Nc1ccnc(NCCC2CCc3ccccc3-c3nc(N)nc(N)c32)n1. The Bertz CT molecular complexity index is 972. The third-order valence-electron chi connectivity index (χ3n) is 4.89. The maximum Gasteiger partial charge on any atom is 0.224 e. The Hall–Kier alpha value is -3.42. The third kappa shape index (κ3) is 3.46. The summed E-state index contributed by atoms with van der Waals surface area (Å²) in [4.78, 5) is 17.1. The van der Waals surface area contributed by atoms with E-state index in [2.05, 4.69) is 37.4 Å². The average molecular weight is 362 g/mol. The first-order valence-electron chi connectivity index (χ1n) is 8.95. The van der Waals surface area contributed by atoms with Crippen LogP contribution in [0.5, 0.6) is 0 Å². The number of benzene rings is 1. The molecule has 0 amide bonds. The van der Waals surface area contributed by atoms with Gasteiger partial charge < -0.3 is 22.5 Å². The molecule has 7 N–H and O–H groups in total. The topological polar surface area (TPSA) is 142 Å². The van der Waals surface area contributed by atoms with Crippen LogP contribution in [0.15, 0.2) is 36.5 Å². The van der Waals surface area contributed by atoms with Gasteiger partial charge in [0.25, 0.3) is 0 Å². The molecule has 0 saturated carbocycles. The lowest BCUT2D eigenvalue weighted by Crippen LogP contribution is -2.14. The number of rotatable bonds is 4. The van der Waals surface area contributed by atoms with Crippen molar-refractivity contribution in [1.29, 1.82) is 0 Å². The number of anilines is 4. The van der Waals surface area contributed by atoms with Gasteiger partial charge in [-0.1, -0.05) is 24.3 Å². The average Bonchev–Trinajstić information content (AvgIpc) is 2.80. The number of hydrogen-bond acceptors (Lipinski definition) is 8. The first-order valence-corrected chi connectivity index (χ1v) is 8.95. The van der Waals surface area contributed by atoms with Crippen LogP contribution in [0.1, 0.15) is 29.9 Å². The predicted molar refractivity (Wildman–Crippen MR) is 107 cm³/mol. The van der Waals surface area contributed by atoms with Gasteiger partial charge in [-0.15, -0.1) is 0 Å². The lowest BCUT2D eigenvalue weighted by atomic mass is 9.91. The molecule has 8 heteroatoms. The van der Waals surface area contributed by atoms with Gasteiger partial charge in [0.05, 0.1) is 5.69 Å². The molecule has 0 aliphatic heterocycles. The molecular weight excluding hydrogens is 340 g/mol. The van der Waals surface area contributed by atoms with Gasteiger partial charge in [-0.25, -0.2) is 9.97 Å². The molecule has 2 heterocycles. The van der Waals surface area contributed by atoms with E-state index in [1.54, 1.807) is 12.3 Å². The second-order valence-electron chi connectivity index (χ2n) is 6.64. The minimum atomic E-state index is 0.202. The Morgan fingerprint density at radius 2 is 1.89 bits per heavy atom. The summed E-state index contributed by atoms with van der Waals surface area (Å²) in [6.07, 6.45) is 4.39. The fraction of sp³-hybridized carbons (Fsp3) is 0.263. The molecule has 1 aliphatic carbocycles. The number of aromatic nitrogens is 4. The lowest BCUT2D eigenvalue weighted by Gasteiger charge is -2.19. The number of nitrogens with one attached hydrogen (secondary N) is 1. The van der Waals surface area contributed by atoms with Crippen molar-refractivity contribution in [3.8, 4) is 11.3 Å². The molecule has 8 nitrogen and oxygen atoms in total. The highest BCUT2D eigenvalue weighted by molar-refractivity contribution is 5.73. The summed E-state index contributed by atoms with van der Waals surface area (Å²) in [7, 11) is 0. The van der Waals surface area contributed by atoms with Gasteiger partial charge in [-0.2, -0.15) is 9.97 Å². The van der Waals surface area contributed by atoms with E-state index in [1.165, 1.54) is 5.56 Å². The fourth-order valence-corrected chi connectivity index (χ4v) is 3.66. The zero-order chi connectivity index (χ0) is 18.8. The maximum absolute atomic E-state index is 6.27. The normalized spacial score (nSPS) is 15.5. The number of fused-ring (bicyclic) bond motifs is 3. The van der Waals surface area contributed by atoms with Gasteiger partial charge in [-0.05, 0) is 36.8 Å². The van der Waals surface area contributed by atoms with Crippen molar-refractivity contribution in [2.24, 2.45) is 0 Å². The predicted octanol–water partition coefficient (Wildman–Crippen LogP) is 2.21. The maximum atomic E-state index is 6.27. The highest BCUT2D eigenvalue weighted by Gasteiger charge is 2.26. The molecule has 1 atom stereocenters. The molecule has 0 spiro atoms. The molecule has 3 aromatic rings. The van der Waals surface area contributed by atoms with Crippen LogP contribution >= 0.6 is 0 Å². The van der Waals surface area contributed by atoms with E-state index in [-0.39, 0.29) is 11.9 Å². The van der Waals surface area contributed by atoms with Gasteiger partial charge in [0, 0.05) is 23.9 Å². The first-order chi connectivity index (χ1) is 13.1. The second-order valence-corrected chi connectivity index (χ2v) is 6.64. The molecule has 27 heavy (non-hydrogen) atoms. The zero-order valence-electron chi connectivity index (χ0n) is 14.9. The van der Waals surface area contributed by atoms with Crippen LogP contribution in [0.4, 0.5) is 23.5 Å². The highest BCUT2D eigenvalue weighted by atomic mass is 15.1. The van der Waals surface area contributed by atoms with Gasteiger partial charge in [0.15, 0.2) is 0 Å². The standard InChI is InChI=1S/C19H22N8/c20-14-8-10-24-19(25-14)23-9-7-12-6-5-11-3-1-2-4-13(11)16-15(12)17(21)27-18(22)26-16/h1-4,8,10,12H,5-7,9H2,(H3,20,23,24,25)(H4,21,22,26,27). The summed E-state index contributed by atoms with van der Waals surface area (Å²) in [5, 5.41) is 3.23. The van der Waals surface area contributed by atoms with Crippen molar-refractivity contribution >= 4 is 23.5 Å². The van der Waals surface area contributed by atoms with Crippen LogP contribution in [0.3, 0.4) is 0 Å². The summed E-state index contributed by atoms with van der Waals surface area (Å²) in [6.45, 7) is 0.688. The number of aryl methyl sites for hydroxylation is 1. The molecule has 2 aromatic heterocycles. The molecule has 0 radical (unpaired) electrons. The summed E-state index contributed by atoms with van der Waals surface area (Å²) in [5.74, 6) is 1.83. The summed E-state index contributed by atoms with van der Waals surface area (Å²) in [5.41, 5.74) is 22.0. The van der Waals surface area contributed by atoms with Gasteiger partial charge in [0.2, 0.25) is 11.9 Å². The molecular formula is C19H22N8. The molecule has 0 fully saturated rings. The van der Waals surface area contributed by atoms with Crippen molar-refractivity contribution in [3.05, 3.63) is 47.7 Å². The Morgan fingerprint density at radius 3 is 2.74 bits per heavy atom. The third-order valence-corrected chi connectivity index (χ3v) is 4.89. The Labute approximate surface area is 157 Å². The van der Waals surface area contributed by atoms with E-state index >= 15 is 0 Å². The van der Waals surface area contributed by atoms with Crippen LogP contribution in [0, 0.1) is 0 Å². The molecule has 0 bridgehead atoms. The minimum Gasteiger partial charge on any atom is -0.384 e. The molecule has 138 valence electrons. The van der Waals surface area contributed by atoms with Crippen LogP contribution in [0.25, 0.3) is 11.3 Å². The van der Waals surface area contributed by atoms with Crippen molar-refractivity contribution in [2.75, 3.05) is 29.1 Å². The van der Waals surface area contributed by atoms with Crippen LogP contribution in [0.2, 0.25) is 0 Å².